The number of carbonyl (C=O) groups excluding carboxylic acids is 1. The predicted octanol–water partition coefficient (Wildman–Crippen LogP) is 2.25. The molecule has 0 atom stereocenters. The van der Waals surface area contributed by atoms with E-state index < -0.39 is 0 Å². The summed E-state index contributed by atoms with van der Waals surface area (Å²) in [4.78, 5) is 20.2. The number of hydrogen-bond acceptors (Lipinski definition) is 5. The molecular formula is C12H12N4OS. The molecule has 3 rings (SSSR count). The Bertz CT molecular complexity index is 574. The topological polar surface area (TPSA) is 80.9 Å². The standard InChI is InChI=1S/C12H12N4OS/c13-10-4-3-8(5-14-10)11(17)16-12-15-9(6-18-12)7-1-2-7/h3-7H,1-2H2,(H2,13,14)(H,15,16,17). The smallest absolute Gasteiger partial charge is 0.259 e. The van der Waals surface area contributed by atoms with Gasteiger partial charge in [0.1, 0.15) is 5.82 Å². The minimum absolute atomic E-state index is 0.209. The van der Waals surface area contributed by atoms with Gasteiger partial charge in [-0.1, -0.05) is 0 Å². The second kappa shape index (κ2) is 4.38. The van der Waals surface area contributed by atoms with Crippen molar-refractivity contribution < 1.29 is 4.79 Å². The highest BCUT2D eigenvalue weighted by molar-refractivity contribution is 7.14. The number of hydrogen-bond donors (Lipinski definition) is 2. The molecular weight excluding hydrogens is 248 g/mol. The van der Waals surface area contributed by atoms with Crippen LogP contribution in [-0.2, 0) is 0 Å². The molecule has 2 aromatic rings. The van der Waals surface area contributed by atoms with E-state index in [0.29, 0.717) is 22.4 Å². The molecule has 0 aliphatic heterocycles. The number of nitrogen functional groups attached to an aromatic ring is 1. The quantitative estimate of drug-likeness (QED) is 0.886. The first-order valence-electron chi connectivity index (χ1n) is 5.70. The van der Waals surface area contributed by atoms with Crippen LogP contribution in [-0.4, -0.2) is 15.9 Å². The molecule has 0 spiro atoms. The molecule has 2 aromatic heterocycles. The molecule has 1 fully saturated rings. The van der Waals surface area contributed by atoms with Gasteiger partial charge < -0.3 is 5.73 Å². The maximum Gasteiger partial charge on any atom is 0.259 e. The maximum absolute atomic E-state index is 11.9. The van der Waals surface area contributed by atoms with Gasteiger partial charge in [-0.2, -0.15) is 0 Å². The SMILES string of the molecule is Nc1ccc(C(=O)Nc2nc(C3CC3)cs2)cn1. The average Bonchev–Trinajstić information content (AvgIpc) is 3.11. The van der Waals surface area contributed by atoms with Crippen molar-refractivity contribution in [3.05, 3.63) is 35.0 Å². The fourth-order valence-electron chi connectivity index (χ4n) is 1.62. The molecule has 1 aliphatic rings. The predicted molar refractivity (Wildman–Crippen MR) is 70.7 cm³/mol. The van der Waals surface area contributed by atoms with Crippen LogP contribution < -0.4 is 11.1 Å². The van der Waals surface area contributed by atoms with Gasteiger partial charge in [-0.25, -0.2) is 9.97 Å². The summed E-state index contributed by atoms with van der Waals surface area (Å²) < 4.78 is 0. The summed E-state index contributed by atoms with van der Waals surface area (Å²) >= 11 is 1.46. The molecule has 92 valence electrons. The molecule has 1 amide bonds. The van der Waals surface area contributed by atoms with Crippen molar-refractivity contribution in [2.24, 2.45) is 0 Å². The number of thiazole rings is 1. The van der Waals surface area contributed by atoms with Gasteiger partial charge >= 0.3 is 0 Å². The number of anilines is 2. The zero-order valence-electron chi connectivity index (χ0n) is 9.59. The lowest BCUT2D eigenvalue weighted by atomic mass is 10.2. The van der Waals surface area contributed by atoms with Crippen LogP contribution in [0.3, 0.4) is 0 Å². The Morgan fingerprint density at radius 3 is 2.94 bits per heavy atom. The number of carbonyl (C=O) groups is 1. The highest BCUT2D eigenvalue weighted by Gasteiger charge is 2.26. The minimum atomic E-state index is -0.209. The fourth-order valence-corrected chi connectivity index (χ4v) is 2.41. The Kier molecular flexibility index (Phi) is 2.71. The normalized spacial score (nSPS) is 14.4. The summed E-state index contributed by atoms with van der Waals surface area (Å²) in [6.07, 6.45) is 3.87. The number of nitrogens with two attached hydrogens (primary N) is 1. The number of nitrogens with zero attached hydrogens (tertiary/aromatic N) is 2. The summed E-state index contributed by atoms with van der Waals surface area (Å²) in [7, 11) is 0. The molecule has 6 heteroatoms. The molecule has 2 heterocycles. The lowest BCUT2D eigenvalue weighted by Crippen LogP contribution is -2.12. The summed E-state index contributed by atoms with van der Waals surface area (Å²) in [6, 6.07) is 3.25. The summed E-state index contributed by atoms with van der Waals surface area (Å²) in [5.41, 5.74) is 7.04. The van der Waals surface area contributed by atoms with Gasteiger partial charge in [0.05, 0.1) is 11.3 Å². The molecule has 0 bridgehead atoms. The molecule has 18 heavy (non-hydrogen) atoms. The molecule has 1 saturated carbocycles. The number of rotatable bonds is 3. The van der Waals surface area contributed by atoms with E-state index in [0.717, 1.165) is 5.69 Å². The third-order valence-electron chi connectivity index (χ3n) is 2.79. The van der Waals surface area contributed by atoms with E-state index in [9.17, 15) is 4.79 Å². The van der Waals surface area contributed by atoms with Crippen LogP contribution in [0, 0.1) is 0 Å². The third-order valence-corrected chi connectivity index (χ3v) is 3.56. The van der Waals surface area contributed by atoms with Crippen LogP contribution in [0.2, 0.25) is 0 Å². The lowest BCUT2D eigenvalue weighted by Gasteiger charge is -2.01. The Hall–Kier alpha value is -1.95. The van der Waals surface area contributed by atoms with Gasteiger partial charge in [0.25, 0.3) is 5.91 Å². The second-order valence-electron chi connectivity index (χ2n) is 4.28. The molecule has 0 saturated heterocycles. The van der Waals surface area contributed by atoms with Crippen molar-refractivity contribution >= 4 is 28.2 Å². The van der Waals surface area contributed by atoms with E-state index >= 15 is 0 Å². The highest BCUT2D eigenvalue weighted by Crippen LogP contribution is 2.40. The second-order valence-corrected chi connectivity index (χ2v) is 5.14. The maximum atomic E-state index is 11.9. The first-order chi connectivity index (χ1) is 8.72. The lowest BCUT2D eigenvalue weighted by molar-refractivity contribution is 0.102. The summed E-state index contributed by atoms with van der Waals surface area (Å²) in [6.45, 7) is 0. The molecule has 1 aliphatic carbocycles. The van der Waals surface area contributed by atoms with E-state index in [1.807, 2.05) is 5.38 Å². The number of amides is 1. The molecule has 0 radical (unpaired) electrons. The zero-order chi connectivity index (χ0) is 12.5. The number of nitrogens with one attached hydrogen (secondary N) is 1. The Morgan fingerprint density at radius 2 is 2.28 bits per heavy atom. The Morgan fingerprint density at radius 1 is 1.44 bits per heavy atom. The van der Waals surface area contributed by atoms with Crippen molar-refractivity contribution in [3.63, 3.8) is 0 Å². The first-order valence-corrected chi connectivity index (χ1v) is 6.58. The van der Waals surface area contributed by atoms with Gasteiger partial charge in [0, 0.05) is 17.5 Å². The van der Waals surface area contributed by atoms with Crippen molar-refractivity contribution in [2.45, 2.75) is 18.8 Å². The number of pyridine rings is 1. The van der Waals surface area contributed by atoms with Gasteiger partial charge in [-0.15, -0.1) is 11.3 Å². The van der Waals surface area contributed by atoms with Crippen molar-refractivity contribution in [3.8, 4) is 0 Å². The van der Waals surface area contributed by atoms with Crippen LogP contribution in [0.4, 0.5) is 10.9 Å². The fraction of sp³-hybridized carbons (Fsp3) is 0.250. The minimum Gasteiger partial charge on any atom is -0.384 e. The van der Waals surface area contributed by atoms with Gasteiger partial charge in [-0.05, 0) is 25.0 Å². The zero-order valence-corrected chi connectivity index (χ0v) is 10.4. The van der Waals surface area contributed by atoms with Crippen LogP contribution in [0.25, 0.3) is 0 Å². The van der Waals surface area contributed by atoms with Gasteiger partial charge in [-0.3, -0.25) is 10.1 Å². The van der Waals surface area contributed by atoms with Crippen LogP contribution in [0.5, 0.6) is 0 Å². The molecule has 5 nitrogen and oxygen atoms in total. The Labute approximate surface area is 108 Å². The first kappa shape index (κ1) is 11.2. The van der Waals surface area contributed by atoms with Crippen LogP contribution >= 0.6 is 11.3 Å². The largest absolute Gasteiger partial charge is 0.384 e. The Balaban J connectivity index is 1.70. The highest BCUT2D eigenvalue weighted by atomic mass is 32.1. The van der Waals surface area contributed by atoms with Crippen molar-refractivity contribution in [1.82, 2.24) is 9.97 Å². The van der Waals surface area contributed by atoms with E-state index in [1.54, 1.807) is 12.1 Å². The number of aromatic nitrogens is 2. The van der Waals surface area contributed by atoms with Gasteiger partial charge in [0.2, 0.25) is 0 Å². The van der Waals surface area contributed by atoms with E-state index in [-0.39, 0.29) is 5.91 Å². The molecule has 0 aromatic carbocycles. The molecule has 0 unspecified atom stereocenters. The monoisotopic (exact) mass is 260 g/mol. The van der Waals surface area contributed by atoms with Crippen molar-refractivity contribution in [1.29, 1.82) is 0 Å². The van der Waals surface area contributed by atoms with E-state index in [1.165, 1.54) is 30.4 Å². The van der Waals surface area contributed by atoms with Crippen molar-refractivity contribution in [2.75, 3.05) is 11.1 Å². The van der Waals surface area contributed by atoms with Gasteiger partial charge in [0.15, 0.2) is 5.13 Å². The van der Waals surface area contributed by atoms with E-state index in [2.05, 4.69) is 15.3 Å². The van der Waals surface area contributed by atoms with E-state index in [4.69, 9.17) is 5.73 Å². The van der Waals surface area contributed by atoms with Crippen LogP contribution in [0.15, 0.2) is 23.7 Å². The van der Waals surface area contributed by atoms with Crippen LogP contribution in [0.1, 0.15) is 34.8 Å². The summed E-state index contributed by atoms with van der Waals surface area (Å²) in [5.74, 6) is 0.793. The summed E-state index contributed by atoms with van der Waals surface area (Å²) in [5, 5.41) is 5.41. The average molecular weight is 260 g/mol. The third kappa shape index (κ3) is 2.33. The molecule has 3 N–H and O–H groups in total.